The van der Waals surface area contributed by atoms with Gasteiger partial charge in [-0.05, 0) is 43.3 Å². The number of thioether (sulfide) groups is 1. The molecular formula is C17H17ClN2O2S. The number of carbonyl (C=O) groups excluding carboxylic acids is 2. The minimum absolute atomic E-state index is 0.113. The van der Waals surface area contributed by atoms with E-state index >= 15 is 0 Å². The van der Waals surface area contributed by atoms with E-state index in [1.165, 1.54) is 18.7 Å². The molecule has 0 spiro atoms. The van der Waals surface area contributed by atoms with Crippen LogP contribution in [0.2, 0.25) is 5.02 Å². The predicted molar refractivity (Wildman–Crippen MR) is 96.1 cm³/mol. The van der Waals surface area contributed by atoms with Crippen LogP contribution in [0, 0.1) is 0 Å². The van der Waals surface area contributed by atoms with Crippen molar-refractivity contribution in [2.24, 2.45) is 0 Å². The Kier molecular flexibility index (Phi) is 6.07. The molecule has 2 aromatic carbocycles. The molecule has 0 aliphatic carbocycles. The van der Waals surface area contributed by atoms with Crippen molar-refractivity contribution in [2.45, 2.75) is 24.0 Å². The molecular weight excluding hydrogens is 332 g/mol. The Morgan fingerprint density at radius 1 is 1.04 bits per heavy atom. The van der Waals surface area contributed by atoms with E-state index in [-0.39, 0.29) is 17.1 Å². The summed E-state index contributed by atoms with van der Waals surface area (Å²) in [7, 11) is 0. The zero-order chi connectivity index (χ0) is 16.8. The topological polar surface area (TPSA) is 58.2 Å². The summed E-state index contributed by atoms with van der Waals surface area (Å²) in [5.41, 5.74) is 1.34. The Balaban J connectivity index is 1.95. The maximum atomic E-state index is 12.2. The Morgan fingerprint density at radius 2 is 1.70 bits per heavy atom. The molecule has 0 unspecified atom stereocenters. The minimum Gasteiger partial charge on any atom is -0.326 e. The summed E-state index contributed by atoms with van der Waals surface area (Å²) in [6, 6.07) is 14.5. The first-order valence-electron chi connectivity index (χ1n) is 7.05. The molecule has 0 fully saturated rings. The predicted octanol–water partition coefficient (Wildman–Crippen LogP) is 4.42. The highest BCUT2D eigenvalue weighted by molar-refractivity contribution is 8.00. The van der Waals surface area contributed by atoms with Gasteiger partial charge < -0.3 is 10.6 Å². The number of amides is 2. The van der Waals surface area contributed by atoms with Crippen molar-refractivity contribution in [1.82, 2.24) is 0 Å². The SMILES string of the molecule is CC(=O)Nc1ccc(S[C@H](C)C(=O)Nc2ccccc2Cl)cc1. The molecule has 0 saturated carbocycles. The molecule has 23 heavy (non-hydrogen) atoms. The monoisotopic (exact) mass is 348 g/mol. The van der Waals surface area contributed by atoms with Gasteiger partial charge in [-0.25, -0.2) is 0 Å². The lowest BCUT2D eigenvalue weighted by Gasteiger charge is -2.13. The summed E-state index contributed by atoms with van der Waals surface area (Å²) in [5.74, 6) is -0.230. The maximum Gasteiger partial charge on any atom is 0.237 e. The van der Waals surface area contributed by atoms with Crippen LogP contribution in [0.15, 0.2) is 53.4 Å². The standard InChI is InChI=1S/C17H17ClN2O2S/c1-11(17(22)20-16-6-4-3-5-15(16)18)23-14-9-7-13(8-10-14)19-12(2)21/h3-11H,1-2H3,(H,19,21)(H,20,22)/t11-/m1/s1. The van der Waals surface area contributed by atoms with Gasteiger partial charge in [0, 0.05) is 17.5 Å². The molecule has 2 N–H and O–H groups in total. The van der Waals surface area contributed by atoms with Crippen LogP contribution in [0.4, 0.5) is 11.4 Å². The van der Waals surface area contributed by atoms with Crippen LogP contribution < -0.4 is 10.6 Å². The summed E-state index contributed by atoms with van der Waals surface area (Å²) in [6.45, 7) is 3.29. The van der Waals surface area contributed by atoms with Crippen molar-refractivity contribution < 1.29 is 9.59 Å². The van der Waals surface area contributed by atoms with Crippen LogP contribution in [0.3, 0.4) is 0 Å². The highest BCUT2D eigenvalue weighted by atomic mass is 35.5. The van der Waals surface area contributed by atoms with Crippen molar-refractivity contribution in [2.75, 3.05) is 10.6 Å². The van der Waals surface area contributed by atoms with Gasteiger partial charge in [-0.1, -0.05) is 23.7 Å². The fourth-order valence-electron chi connectivity index (χ4n) is 1.87. The second kappa shape index (κ2) is 8.04. The highest BCUT2D eigenvalue weighted by Gasteiger charge is 2.15. The van der Waals surface area contributed by atoms with Crippen LogP contribution in [-0.2, 0) is 9.59 Å². The first-order valence-corrected chi connectivity index (χ1v) is 8.31. The number of nitrogens with one attached hydrogen (secondary N) is 2. The number of anilines is 2. The fourth-order valence-corrected chi connectivity index (χ4v) is 2.93. The van der Waals surface area contributed by atoms with Crippen LogP contribution in [0.5, 0.6) is 0 Å². The van der Waals surface area contributed by atoms with Crippen LogP contribution in [0.25, 0.3) is 0 Å². The molecule has 2 aromatic rings. The molecule has 2 amide bonds. The van der Waals surface area contributed by atoms with Crippen molar-refractivity contribution in [3.05, 3.63) is 53.6 Å². The van der Waals surface area contributed by atoms with Gasteiger partial charge in [-0.2, -0.15) is 0 Å². The summed E-state index contributed by atoms with van der Waals surface area (Å²) >= 11 is 7.47. The third-order valence-electron chi connectivity index (χ3n) is 2.99. The lowest BCUT2D eigenvalue weighted by atomic mass is 10.3. The number of hydrogen-bond acceptors (Lipinski definition) is 3. The van der Waals surface area contributed by atoms with E-state index in [2.05, 4.69) is 10.6 Å². The lowest BCUT2D eigenvalue weighted by molar-refractivity contribution is -0.115. The molecule has 4 nitrogen and oxygen atoms in total. The van der Waals surface area contributed by atoms with E-state index in [9.17, 15) is 9.59 Å². The number of carbonyl (C=O) groups is 2. The number of rotatable bonds is 5. The molecule has 1 atom stereocenters. The van der Waals surface area contributed by atoms with E-state index in [0.29, 0.717) is 10.7 Å². The van der Waals surface area contributed by atoms with Crippen molar-refractivity contribution in [3.63, 3.8) is 0 Å². The number of para-hydroxylation sites is 1. The van der Waals surface area contributed by atoms with Crippen LogP contribution in [0.1, 0.15) is 13.8 Å². The average molecular weight is 349 g/mol. The highest BCUT2D eigenvalue weighted by Crippen LogP contribution is 2.27. The van der Waals surface area contributed by atoms with E-state index in [1.54, 1.807) is 12.1 Å². The zero-order valence-electron chi connectivity index (χ0n) is 12.8. The van der Waals surface area contributed by atoms with E-state index < -0.39 is 0 Å². The maximum absolute atomic E-state index is 12.2. The Labute approximate surface area is 144 Å². The summed E-state index contributed by atoms with van der Waals surface area (Å²) in [5, 5.41) is 5.76. The number of halogens is 1. The second-order valence-corrected chi connectivity index (χ2v) is 6.76. The molecule has 120 valence electrons. The van der Waals surface area contributed by atoms with Gasteiger partial charge >= 0.3 is 0 Å². The second-order valence-electron chi connectivity index (χ2n) is 4.93. The smallest absolute Gasteiger partial charge is 0.237 e. The number of benzene rings is 2. The van der Waals surface area contributed by atoms with Crippen LogP contribution >= 0.6 is 23.4 Å². The first kappa shape index (κ1) is 17.4. The largest absolute Gasteiger partial charge is 0.326 e. The molecule has 6 heteroatoms. The summed E-state index contributed by atoms with van der Waals surface area (Å²) in [4.78, 5) is 24.2. The zero-order valence-corrected chi connectivity index (χ0v) is 14.4. The normalized spacial score (nSPS) is 11.6. The fraction of sp³-hybridized carbons (Fsp3) is 0.176. The Bertz CT molecular complexity index is 704. The van der Waals surface area contributed by atoms with Gasteiger partial charge in [-0.15, -0.1) is 11.8 Å². The van der Waals surface area contributed by atoms with E-state index in [4.69, 9.17) is 11.6 Å². The Hall–Kier alpha value is -1.98. The van der Waals surface area contributed by atoms with E-state index in [1.807, 2.05) is 43.3 Å². The number of hydrogen-bond donors (Lipinski definition) is 2. The van der Waals surface area contributed by atoms with Gasteiger partial charge in [0.15, 0.2) is 0 Å². The third kappa shape index (κ3) is 5.30. The van der Waals surface area contributed by atoms with Crippen molar-refractivity contribution in [3.8, 4) is 0 Å². The van der Waals surface area contributed by atoms with Gasteiger partial charge in [-0.3, -0.25) is 9.59 Å². The molecule has 0 aliphatic heterocycles. The van der Waals surface area contributed by atoms with Crippen molar-refractivity contribution >= 4 is 46.6 Å². The summed E-state index contributed by atoms with van der Waals surface area (Å²) < 4.78 is 0. The molecule has 0 aliphatic rings. The molecule has 2 rings (SSSR count). The van der Waals surface area contributed by atoms with Gasteiger partial charge in [0.05, 0.1) is 16.0 Å². The third-order valence-corrected chi connectivity index (χ3v) is 4.43. The molecule has 0 radical (unpaired) electrons. The quantitative estimate of drug-likeness (QED) is 0.786. The van der Waals surface area contributed by atoms with E-state index in [0.717, 1.165) is 10.6 Å². The molecule has 0 aromatic heterocycles. The molecule has 0 bridgehead atoms. The van der Waals surface area contributed by atoms with Gasteiger partial charge in [0.1, 0.15) is 0 Å². The minimum atomic E-state index is -0.280. The summed E-state index contributed by atoms with van der Waals surface area (Å²) in [6.07, 6.45) is 0. The van der Waals surface area contributed by atoms with Crippen LogP contribution in [-0.4, -0.2) is 17.1 Å². The molecule has 0 saturated heterocycles. The molecule has 0 heterocycles. The average Bonchev–Trinajstić information content (AvgIpc) is 2.51. The first-order chi connectivity index (χ1) is 11.0. The van der Waals surface area contributed by atoms with Gasteiger partial charge in [0.25, 0.3) is 0 Å². The van der Waals surface area contributed by atoms with Crippen molar-refractivity contribution in [1.29, 1.82) is 0 Å². The van der Waals surface area contributed by atoms with Gasteiger partial charge in [0.2, 0.25) is 11.8 Å². The Morgan fingerprint density at radius 3 is 2.30 bits per heavy atom. The lowest BCUT2D eigenvalue weighted by Crippen LogP contribution is -2.22.